The van der Waals surface area contributed by atoms with E-state index in [1.165, 1.54) is 12.1 Å². The van der Waals surface area contributed by atoms with Gasteiger partial charge in [0.05, 0.1) is 13.2 Å². The number of amides is 2. The summed E-state index contributed by atoms with van der Waals surface area (Å²) in [5.41, 5.74) is -1.21. The number of rotatable bonds is 6. The van der Waals surface area contributed by atoms with Gasteiger partial charge in [-0.05, 0) is 17.7 Å². The van der Waals surface area contributed by atoms with Gasteiger partial charge in [-0.15, -0.1) is 13.2 Å². The Morgan fingerprint density at radius 2 is 1.93 bits per heavy atom. The predicted octanol–water partition coefficient (Wildman–Crippen LogP) is 0.0899. The lowest BCUT2D eigenvalue weighted by molar-refractivity contribution is -0.274. The van der Waals surface area contributed by atoms with E-state index in [4.69, 9.17) is 9.84 Å². The molecule has 2 heterocycles. The molecule has 0 saturated carbocycles. The van der Waals surface area contributed by atoms with Crippen LogP contribution >= 0.6 is 0 Å². The van der Waals surface area contributed by atoms with Crippen LogP contribution < -0.4 is 15.4 Å². The SMILES string of the molecule is O=C(O)CNC(=O)C1C(=O)NC2=C(COC2)C1(O)Cc1ccc(OC(F)(F)F)cc1. The molecular weight excluding hydrogens is 413 g/mol. The molecule has 9 nitrogen and oxygen atoms in total. The van der Waals surface area contributed by atoms with Crippen LogP contribution in [0.5, 0.6) is 5.75 Å². The van der Waals surface area contributed by atoms with Crippen molar-refractivity contribution in [1.29, 1.82) is 0 Å². The lowest BCUT2D eigenvalue weighted by atomic mass is 9.73. The molecule has 12 heteroatoms. The van der Waals surface area contributed by atoms with Crippen molar-refractivity contribution in [3.8, 4) is 5.75 Å². The first kappa shape index (κ1) is 21.6. The van der Waals surface area contributed by atoms with Gasteiger partial charge in [0.25, 0.3) is 0 Å². The molecule has 0 spiro atoms. The van der Waals surface area contributed by atoms with E-state index in [0.717, 1.165) is 12.1 Å². The Morgan fingerprint density at radius 1 is 1.27 bits per heavy atom. The molecule has 30 heavy (non-hydrogen) atoms. The molecule has 162 valence electrons. The number of carbonyl (C=O) groups is 3. The van der Waals surface area contributed by atoms with Crippen molar-refractivity contribution >= 4 is 17.8 Å². The minimum atomic E-state index is -4.87. The van der Waals surface area contributed by atoms with Crippen LogP contribution in [0.2, 0.25) is 0 Å². The monoisotopic (exact) mass is 430 g/mol. The van der Waals surface area contributed by atoms with E-state index in [2.05, 4.69) is 15.4 Å². The Bertz CT molecular complexity index is 898. The number of carbonyl (C=O) groups excluding carboxylic acids is 2. The van der Waals surface area contributed by atoms with E-state index in [1.54, 1.807) is 0 Å². The van der Waals surface area contributed by atoms with E-state index in [9.17, 15) is 32.7 Å². The third-order valence-corrected chi connectivity index (χ3v) is 4.70. The van der Waals surface area contributed by atoms with Gasteiger partial charge in [0.1, 0.15) is 23.8 Å². The fourth-order valence-corrected chi connectivity index (χ4v) is 3.47. The molecule has 2 atom stereocenters. The first-order valence-electron chi connectivity index (χ1n) is 8.67. The Balaban J connectivity index is 1.90. The van der Waals surface area contributed by atoms with Gasteiger partial charge >= 0.3 is 12.3 Å². The summed E-state index contributed by atoms with van der Waals surface area (Å²) in [5.74, 6) is -5.36. The average Bonchev–Trinajstić information content (AvgIpc) is 3.09. The van der Waals surface area contributed by atoms with Crippen molar-refractivity contribution in [2.75, 3.05) is 19.8 Å². The predicted molar refractivity (Wildman–Crippen MR) is 91.9 cm³/mol. The highest BCUT2D eigenvalue weighted by molar-refractivity contribution is 6.04. The Morgan fingerprint density at radius 3 is 2.53 bits per heavy atom. The van der Waals surface area contributed by atoms with Crippen molar-refractivity contribution < 1.29 is 47.2 Å². The Kier molecular flexibility index (Phi) is 5.72. The van der Waals surface area contributed by atoms with E-state index in [0.29, 0.717) is 11.3 Å². The standard InChI is InChI=1S/C18H17F3N2O7/c19-18(20,21)30-10-3-1-9(2-4-10)5-17(28)11-7-29-8-12(11)23-16(27)14(17)15(26)22-6-13(24)25/h1-4,14,28H,5-8H2,(H,22,26)(H,23,27)(H,24,25). The summed E-state index contributed by atoms with van der Waals surface area (Å²) in [6.07, 6.45) is -5.17. The fraction of sp³-hybridized carbons (Fsp3) is 0.389. The normalized spacial score (nSPS) is 23.6. The van der Waals surface area contributed by atoms with Crippen molar-refractivity contribution in [2.45, 2.75) is 18.4 Å². The molecule has 1 aromatic rings. The summed E-state index contributed by atoms with van der Waals surface area (Å²) >= 11 is 0. The molecule has 2 amide bonds. The maximum absolute atomic E-state index is 12.5. The first-order valence-corrected chi connectivity index (χ1v) is 8.67. The summed E-state index contributed by atoms with van der Waals surface area (Å²) in [4.78, 5) is 35.8. The third-order valence-electron chi connectivity index (χ3n) is 4.70. The largest absolute Gasteiger partial charge is 0.573 e. The lowest BCUT2D eigenvalue weighted by Gasteiger charge is -2.39. The van der Waals surface area contributed by atoms with Crippen LogP contribution in [0.25, 0.3) is 0 Å². The van der Waals surface area contributed by atoms with Gasteiger partial charge in [-0.3, -0.25) is 14.4 Å². The Labute approximate surface area is 167 Å². The zero-order chi connectivity index (χ0) is 22.1. The van der Waals surface area contributed by atoms with Crippen LogP contribution in [-0.4, -0.2) is 59.7 Å². The van der Waals surface area contributed by atoms with Gasteiger partial charge in [0.2, 0.25) is 11.8 Å². The number of aliphatic hydroxyl groups is 1. The second-order valence-electron chi connectivity index (χ2n) is 6.78. The van der Waals surface area contributed by atoms with Gasteiger partial charge in [-0.1, -0.05) is 12.1 Å². The smallest absolute Gasteiger partial charge is 0.480 e. The Hall–Kier alpha value is -3.12. The third kappa shape index (κ3) is 4.54. The van der Waals surface area contributed by atoms with Gasteiger partial charge in [-0.25, -0.2) is 0 Å². The zero-order valence-corrected chi connectivity index (χ0v) is 15.3. The number of hydrogen-bond acceptors (Lipinski definition) is 6. The van der Waals surface area contributed by atoms with Crippen molar-refractivity contribution in [1.82, 2.24) is 10.6 Å². The number of benzene rings is 1. The molecule has 2 aliphatic rings. The van der Waals surface area contributed by atoms with Crippen LogP contribution in [0.4, 0.5) is 13.2 Å². The number of nitrogens with one attached hydrogen (secondary N) is 2. The molecule has 0 radical (unpaired) electrons. The molecule has 2 aliphatic heterocycles. The van der Waals surface area contributed by atoms with E-state index in [1.807, 2.05) is 0 Å². The minimum Gasteiger partial charge on any atom is -0.480 e. The summed E-state index contributed by atoms with van der Waals surface area (Å²) < 4.78 is 46.0. The number of aliphatic carboxylic acids is 1. The molecule has 0 saturated heterocycles. The number of ether oxygens (including phenoxy) is 2. The molecule has 0 aliphatic carbocycles. The highest BCUT2D eigenvalue weighted by Gasteiger charge is 2.54. The summed E-state index contributed by atoms with van der Waals surface area (Å²) in [6, 6.07) is 4.59. The van der Waals surface area contributed by atoms with Crippen molar-refractivity contribution in [2.24, 2.45) is 5.92 Å². The molecule has 4 N–H and O–H groups in total. The summed E-state index contributed by atoms with van der Waals surface area (Å²) in [6.45, 7) is -0.833. The van der Waals surface area contributed by atoms with Crippen LogP contribution in [0, 0.1) is 5.92 Å². The number of carboxylic acid groups (broad SMARTS) is 1. The molecule has 3 rings (SSSR count). The molecule has 2 unspecified atom stereocenters. The first-order chi connectivity index (χ1) is 14.0. The highest BCUT2D eigenvalue weighted by Crippen LogP contribution is 2.38. The van der Waals surface area contributed by atoms with E-state index < -0.39 is 48.0 Å². The second-order valence-corrected chi connectivity index (χ2v) is 6.78. The topological polar surface area (TPSA) is 134 Å². The van der Waals surface area contributed by atoms with Gasteiger partial charge < -0.3 is 30.3 Å². The van der Waals surface area contributed by atoms with E-state index >= 15 is 0 Å². The van der Waals surface area contributed by atoms with Crippen LogP contribution in [0.3, 0.4) is 0 Å². The van der Waals surface area contributed by atoms with Crippen LogP contribution in [0.15, 0.2) is 35.5 Å². The number of carboxylic acids is 1. The quantitative estimate of drug-likeness (QED) is 0.470. The number of hydrogen-bond donors (Lipinski definition) is 4. The van der Waals surface area contributed by atoms with Crippen molar-refractivity contribution in [3.05, 3.63) is 41.1 Å². The lowest BCUT2D eigenvalue weighted by Crippen LogP contribution is -2.60. The van der Waals surface area contributed by atoms with E-state index in [-0.39, 0.29) is 25.2 Å². The minimum absolute atomic E-state index is 0.00517. The molecular formula is C18H17F3N2O7. The fourth-order valence-electron chi connectivity index (χ4n) is 3.47. The summed E-state index contributed by atoms with van der Waals surface area (Å²) in [5, 5.41) is 24.7. The number of halogens is 3. The maximum atomic E-state index is 12.5. The second kappa shape index (κ2) is 7.95. The summed E-state index contributed by atoms with van der Waals surface area (Å²) in [7, 11) is 0. The van der Waals surface area contributed by atoms with Crippen LogP contribution in [0.1, 0.15) is 5.56 Å². The van der Waals surface area contributed by atoms with Crippen molar-refractivity contribution in [3.63, 3.8) is 0 Å². The zero-order valence-electron chi connectivity index (χ0n) is 15.3. The number of alkyl halides is 3. The molecule has 0 fully saturated rings. The molecule has 0 aromatic heterocycles. The molecule has 0 bridgehead atoms. The van der Waals surface area contributed by atoms with Gasteiger partial charge in [-0.2, -0.15) is 0 Å². The van der Waals surface area contributed by atoms with Crippen LogP contribution in [-0.2, 0) is 25.5 Å². The average molecular weight is 430 g/mol. The highest BCUT2D eigenvalue weighted by atomic mass is 19.4. The van der Waals surface area contributed by atoms with Gasteiger partial charge in [0.15, 0.2) is 0 Å². The van der Waals surface area contributed by atoms with Gasteiger partial charge in [0, 0.05) is 17.7 Å². The molecule has 1 aromatic carbocycles. The maximum Gasteiger partial charge on any atom is 0.573 e.